The summed E-state index contributed by atoms with van der Waals surface area (Å²) >= 11 is 0. The maximum atomic E-state index is 2.51. The van der Waals surface area contributed by atoms with Crippen LogP contribution in [-0.4, -0.2) is 16.9 Å². The van der Waals surface area contributed by atoms with Crippen LogP contribution >= 0.6 is 0 Å². The first kappa shape index (κ1) is 21.9. The van der Waals surface area contributed by atoms with Crippen LogP contribution in [0, 0.1) is 0 Å². The van der Waals surface area contributed by atoms with Gasteiger partial charge in [-0.15, -0.1) is 0 Å². The third kappa shape index (κ3) is 2.54. The van der Waals surface area contributed by atoms with Crippen molar-refractivity contribution < 1.29 is 0 Å². The molecule has 4 heterocycles. The number of nitrogens with zero attached hydrogens (tertiary/aromatic N) is 2. The lowest BCUT2D eigenvalue weighted by molar-refractivity contribution is 1.37. The van der Waals surface area contributed by atoms with Crippen LogP contribution < -0.4 is 10.4 Å². The summed E-state index contributed by atoms with van der Waals surface area (Å²) in [6.07, 6.45) is 0. The number of hydrogen-bond donors (Lipinski definition) is 0. The number of rotatable bonds is 2. The van der Waals surface area contributed by atoms with Gasteiger partial charge in [-0.1, -0.05) is 121 Å². The quantitative estimate of drug-likeness (QED) is 0.195. The van der Waals surface area contributed by atoms with Gasteiger partial charge in [-0.05, 0) is 24.3 Å². The van der Waals surface area contributed by atoms with Crippen molar-refractivity contribution in [1.82, 2.24) is 8.80 Å². The summed E-state index contributed by atoms with van der Waals surface area (Å²) in [5.74, 6) is 0. The molecule has 192 valence electrons. The fourth-order valence-corrected chi connectivity index (χ4v) is 10.2. The van der Waals surface area contributed by atoms with Gasteiger partial charge in [0.05, 0.1) is 33.1 Å². The molecule has 10 rings (SSSR count). The van der Waals surface area contributed by atoms with Gasteiger partial charge in [0.2, 0.25) is 0 Å². The predicted molar refractivity (Wildman–Crippen MR) is 179 cm³/mol. The normalized spacial score (nSPS) is 13.1. The van der Waals surface area contributed by atoms with Gasteiger partial charge in [-0.2, -0.15) is 0 Å². The van der Waals surface area contributed by atoms with Crippen LogP contribution in [0.1, 0.15) is 0 Å². The Labute approximate surface area is 237 Å². The highest BCUT2D eigenvalue weighted by atomic mass is 28.3. The highest BCUT2D eigenvalue weighted by molar-refractivity contribution is 7.00. The van der Waals surface area contributed by atoms with E-state index in [4.69, 9.17) is 0 Å². The first-order valence-electron chi connectivity index (χ1n) is 14.5. The Balaban J connectivity index is 1.21. The number of benzene rings is 6. The van der Waals surface area contributed by atoms with E-state index in [0.29, 0.717) is 0 Å². The maximum absolute atomic E-state index is 2.51. The van der Waals surface area contributed by atoms with Gasteiger partial charge in [-0.25, -0.2) is 0 Å². The van der Waals surface area contributed by atoms with Crippen LogP contribution in [0.2, 0.25) is 13.1 Å². The molecule has 0 saturated heterocycles. The van der Waals surface area contributed by atoms with E-state index < -0.39 is 8.07 Å². The van der Waals surface area contributed by atoms with Crippen molar-refractivity contribution >= 4 is 94.6 Å². The van der Waals surface area contributed by atoms with E-state index in [2.05, 4.69) is 143 Å². The highest BCUT2D eigenvalue weighted by Gasteiger charge is 2.29. The van der Waals surface area contributed by atoms with Gasteiger partial charge < -0.3 is 8.80 Å². The number of hydrogen-bond acceptors (Lipinski definition) is 0. The molecule has 3 heteroatoms. The molecule has 0 unspecified atom stereocenters. The molecule has 0 aliphatic heterocycles. The molecule has 4 aromatic heterocycles. The topological polar surface area (TPSA) is 8.82 Å². The SMILES string of the molecule is C[Si](C)(c1ccc2c(c1)c1cccc3c4ccccc4n2c31)c1ccc2c(c1)c1cccc3c4ccccc4n2c31. The van der Waals surface area contributed by atoms with Crippen molar-refractivity contribution in [2.24, 2.45) is 0 Å². The predicted octanol–water partition coefficient (Wildman–Crippen LogP) is 8.81. The second-order valence-electron chi connectivity index (χ2n) is 12.2. The van der Waals surface area contributed by atoms with Crippen molar-refractivity contribution in [1.29, 1.82) is 0 Å². The van der Waals surface area contributed by atoms with Gasteiger partial charge in [0.1, 0.15) is 8.07 Å². The zero-order chi connectivity index (χ0) is 27.0. The molecule has 0 fully saturated rings. The Morgan fingerprint density at radius 3 is 1.20 bits per heavy atom. The highest BCUT2D eigenvalue weighted by Crippen LogP contribution is 2.40. The van der Waals surface area contributed by atoms with Gasteiger partial charge in [0, 0.05) is 43.1 Å². The zero-order valence-electron chi connectivity index (χ0n) is 22.9. The molecule has 0 radical (unpaired) electrons. The van der Waals surface area contributed by atoms with Crippen molar-refractivity contribution in [2.75, 3.05) is 0 Å². The Bertz CT molecular complexity index is 2480. The molecule has 0 saturated carbocycles. The van der Waals surface area contributed by atoms with Crippen molar-refractivity contribution in [3.05, 3.63) is 121 Å². The van der Waals surface area contributed by atoms with Crippen LogP contribution in [0.25, 0.3) is 76.2 Å². The average molecular weight is 539 g/mol. The minimum Gasteiger partial charge on any atom is -0.308 e. The molecule has 0 bridgehead atoms. The molecule has 41 heavy (non-hydrogen) atoms. The minimum absolute atomic E-state index is 1.29. The molecular weight excluding hydrogens is 513 g/mol. The van der Waals surface area contributed by atoms with Crippen LogP contribution in [0.15, 0.2) is 121 Å². The lowest BCUT2D eigenvalue weighted by atomic mass is 10.1. The molecule has 0 N–H and O–H groups in total. The standard InChI is InChI=1S/C38H26N2Si/c1-41(2,23-17-19-35-31(21-23)29-13-7-11-27-25-9-3-5-15-33(25)39(35)37(27)29)24-18-20-36-32(22-24)30-14-8-12-28-26-10-4-6-16-34(26)40(36)38(28)30/h3-22H,1-2H3. The van der Waals surface area contributed by atoms with E-state index >= 15 is 0 Å². The molecule has 0 aliphatic carbocycles. The molecule has 0 aliphatic rings. The largest absolute Gasteiger partial charge is 0.308 e. The Morgan fingerprint density at radius 2 is 0.732 bits per heavy atom. The molecule has 6 aromatic carbocycles. The van der Waals surface area contributed by atoms with Crippen LogP contribution in [0.5, 0.6) is 0 Å². The van der Waals surface area contributed by atoms with Gasteiger partial charge >= 0.3 is 0 Å². The third-order valence-electron chi connectivity index (χ3n) is 9.89. The van der Waals surface area contributed by atoms with E-state index in [0.717, 1.165) is 0 Å². The van der Waals surface area contributed by atoms with Gasteiger partial charge in [0.15, 0.2) is 0 Å². The first-order chi connectivity index (χ1) is 20.1. The Hall–Kier alpha value is -4.86. The van der Waals surface area contributed by atoms with E-state index in [1.807, 2.05) is 0 Å². The Morgan fingerprint density at radius 1 is 0.366 bits per heavy atom. The molecular formula is C38H26N2Si. The van der Waals surface area contributed by atoms with Crippen molar-refractivity contribution in [3.63, 3.8) is 0 Å². The lowest BCUT2D eigenvalue weighted by Gasteiger charge is -2.24. The monoisotopic (exact) mass is 538 g/mol. The summed E-state index contributed by atoms with van der Waals surface area (Å²) in [6, 6.07) is 45.8. The number of fused-ring (bicyclic) bond motifs is 12. The van der Waals surface area contributed by atoms with E-state index in [1.165, 1.54) is 86.6 Å². The summed E-state index contributed by atoms with van der Waals surface area (Å²) in [5, 5.41) is 13.7. The average Bonchev–Trinajstić information content (AvgIpc) is 3.74. The fraction of sp³-hybridized carbons (Fsp3) is 0.0526. The minimum atomic E-state index is -2.00. The van der Waals surface area contributed by atoms with E-state index in [-0.39, 0.29) is 0 Å². The second kappa shape index (κ2) is 7.25. The summed E-state index contributed by atoms with van der Waals surface area (Å²) in [5.41, 5.74) is 7.89. The van der Waals surface area contributed by atoms with Crippen LogP contribution in [-0.2, 0) is 0 Å². The summed E-state index contributed by atoms with van der Waals surface area (Å²) in [6.45, 7) is 5.01. The molecule has 2 nitrogen and oxygen atoms in total. The van der Waals surface area contributed by atoms with Gasteiger partial charge in [0.25, 0.3) is 0 Å². The first-order valence-corrected chi connectivity index (χ1v) is 17.5. The van der Waals surface area contributed by atoms with E-state index in [9.17, 15) is 0 Å². The summed E-state index contributed by atoms with van der Waals surface area (Å²) in [4.78, 5) is 0. The summed E-state index contributed by atoms with van der Waals surface area (Å²) in [7, 11) is -2.00. The number of aromatic nitrogens is 2. The molecule has 0 amide bonds. The third-order valence-corrected chi connectivity index (χ3v) is 13.4. The van der Waals surface area contributed by atoms with Crippen LogP contribution in [0.3, 0.4) is 0 Å². The zero-order valence-corrected chi connectivity index (χ0v) is 23.9. The molecule has 0 atom stereocenters. The van der Waals surface area contributed by atoms with Crippen molar-refractivity contribution in [3.8, 4) is 0 Å². The maximum Gasteiger partial charge on any atom is 0.112 e. The smallest absolute Gasteiger partial charge is 0.112 e. The van der Waals surface area contributed by atoms with Gasteiger partial charge in [-0.3, -0.25) is 0 Å². The second-order valence-corrected chi connectivity index (χ2v) is 16.6. The summed E-state index contributed by atoms with van der Waals surface area (Å²) < 4.78 is 4.95. The lowest BCUT2D eigenvalue weighted by Crippen LogP contribution is -2.52. The molecule has 10 aromatic rings. The van der Waals surface area contributed by atoms with Crippen molar-refractivity contribution in [2.45, 2.75) is 13.1 Å². The Kier molecular flexibility index (Phi) is 3.87. The fourth-order valence-electron chi connectivity index (χ4n) is 7.81. The van der Waals surface area contributed by atoms with Crippen LogP contribution in [0.4, 0.5) is 0 Å². The van der Waals surface area contributed by atoms with E-state index in [1.54, 1.807) is 0 Å². The number of para-hydroxylation sites is 4. The molecule has 0 spiro atoms.